The van der Waals surface area contributed by atoms with Crippen LogP contribution in [0.4, 0.5) is 0 Å². The molecule has 58 valence electrons. The van der Waals surface area contributed by atoms with Gasteiger partial charge in [0.05, 0.1) is 5.25 Å². The lowest BCUT2D eigenvalue weighted by Crippen LogP contribution is -2.40. The lowest BCUT2D eigenvalue weighted by atomic mass is 9.81. The second-order valence-corrected chi connectivity index (χ2v) is 5.46. The summed E-state index contributed by atoms with van der Waals surface area (Å²) in [5.74, 6) is 0. The Balaban J connectivity index is 2.02. The van der Waals surface area contributed by atoms with Gasteiger partial charge in [-0.2, -0.15) is 0 Å². The quantitative estimate of drug-likeness (QED) is 0.598. The maximum atomic E-state index is 10.7. The van der Waals surface area contributed by atoms with E-state index in [4.69, 9.17) is 5.14 Å². The molecule has 0 saturated heterocycles. The highest BCUT2D eigenvalue weighted by Crippen LogP contribution is 2.61. The molecule has 2 aliphatic rings. The molecule has 2 rings (SSSR count). The average molecular weight is 161 g/mol. The first-order valence-electron chi connectivity index (χ1n) is 3.54. The minimum absolute atomic E-state index is 0.213. The molecule has 3 nitrogen and oxygen atoms in total. The fourth-order valence-corrected chi connectivity index (χ4v) is 2.90. The number of primary sulfonamides is 1. The lowest BCUT2D eigenvalue weighted by molar-refractivity contribution is 0.290. The molecule has 2 fully saturated rings. The summed E-state index contributed by atoms with van der Waals surface area (Å²) in [6.07, 6.45) is 4.09. The number of rotatable bonds is 1. The third kappa shape index (κ3) is 0.864. The topological polar surface area (TPSA) is 60.2 Å². The first-order chi connectivity index (χ1) is 4.52. The van der Waals surface area contributed by atoms with Gasteiger partial charge in [0.25, 0.3) is 0 Å². The van der Waals surface area contributed by atoms with Crippen molar-refractivity contribution in [3.8, 4) is 0 Å². The van der Waals surface area contributed by atoms with Gasteiger partial charge in [-0.15, -0.1) is 0 Å². The van der Waals surface area contributed by atoms with Crippen molar-refractivity contribution in [3.05, 3.63) is 0 Å². The van der Waals surface area contributed by atoms with E-state index in [-0.39, 0.29) is 5.25 Å². The van der Waals surface area contributed by atoms with Crippen molar-refractivity contribution in [2.75, 3.05) is 0 Å². The highest BCUT2D eigenvalue weighted by molar-refractivity contribution is 7.89. The molecular formula is C6H11NO2S. The summed E-state index contributed by atoms with van der Waals surface area (Å²) in [7, 11) is -3.20. The van der Waals surface area contributed by atoms with E-state index in [9.17, 15) is 8.42 Å². The second kappa shape index (κ2) is 1.56. The van der Waals surface area contributed by atoms with Crippen LogP contribution in [0.15, 0.2) is 0 Å². The van der Waals surface area contributed by atoms with E-state index in [0.29, 0.717) is 5.41 Å². The number of nitrogens with two attached hydrogens (primary N) is 1. The fourth-order valence-electron chi connectivity index (χ4n) is 1.72. The molecule has 0 heterocycles. The molecule has 0 aromatic rings. The summed E-state index contributed by atoms with van der Waals surface area (Å²) in [6, 6.07) is 0. The third-order valence-corrected chi connectivity index (χ3v) is 4.01. The summed E-state index contributed by atoms with van der Waals surface area (Å²) in [4.78, 5) is 0. The van der Waals surface area contributed by atoms with Gasteiger partial charge in [0.2, 0.25) is 10.0 Å². The van der Waals surface area contributed by atoms with E-state index in [1.807, 2.05) is 0 Å². The van der Waals surface area contributed by atoms with Crippen molar-refractivity contribution >= 4 is 10.0 Å². The summed E-state index contributed by atoms with van der Waals surface area (Å²) >= 11 is 0. The van der Waals surface area contributed by atoms with Crippen LogP contribution in [0.1, 0.15) is 25.7 Å². The Labute approximate surface area is 60.7 Å². The zero-order valence-corrected chi connectivity index (χ0v) is 6.52. The molecule has 0 radical (unpaired) electrons. The van der Waals surface area contributed by atoms with E-state index >= 15 is 0 Å². The smallest absolute Gasteiger partial charge is 0.212 e. The predicted octanol–water partition coefficient (Wildman–Crippen LogP) is 0.218. The van der Waals surface area contributed by atoms with Gasteiger partial charge >= 0.3 is 0 Å². The Morgan fingerprint density at radius 2 is 1.80 bits per heavy atom. The first kappa shape index (κ1) is 6.61. The summed E-state index contributed by atoms with van der Waals surface area (Å²) in [5, 5.41) is 4.75. The van der Waals surface area contributed by atoms with Gasteiger partial charge in [-0.05, 0) is 31.1 Å². The maximum Gasteiger partial charge on any atom is 0.212 e. The largest absolute Gasteiger partial charge is 0.228 e. The highest BCUT2D eigenvalue weighted by atomic mass is 32.2. The molecule has 10 heavy (non-hydrogen) atoms. The van der Waals surface area contributed by atoms with E-state index in [2.05, 4.69) is 0 Å². The minimum Gasteiger partial charge on any atom is -0.228 e. The van der Waals surface area contributed by atoms with Crippen LogP contribution in [0.3, 0.4) is 0 Å². The van der Waals surface area contributed by atoms with Crippen molar-refractivity contribution in [1.82, 2.24) is 0 Å². The van der Waals surface area contributed by atoms with Crippen LogP contribution in [-0.4, -0.2) is 13.7 Å². The van der Waals surface area contributed by atoms with E-state index < -0.39 is 10.0 Å². The van der Waals surface area contributed by atoms with Gasteiger partial charge in [0, 0.05) is 0 Å². The number of sulfonamides is 1. The Morgan fingerprint density at radius 3 is 2.10 bits per heavy atom. The van der Waals surface area contributed by atoms with Gasteiger partial charge in [-0.1, -0.05) is 0 Å². The molecule has 2 N–H and O–H groups in total. The van der Waals surface area contributed by atoms with Crippen LogP contribution < -0.4 is 5.14 Å². The molecule has 0 bridgehead atoms. The molecule has 2 aliphatic carbocycles. The molecule has 0 atom stereocenters. The summed E-state index contributed by atoms with van der Waals surface area (Å²) in [6.45, 7) is 0. The van der Waals surface area contributed by atoms with Crippen LogP contribution in [0, 0.1) is 5.41 Å². The van der Waals surface area contributed by atoms with E-state index in [1.165, 1.54) is 12.8 Å². The molecule has 0 aliphatic heterocycles. The first-order valence-corrected chi connectivity index (χ1v) is 5.14. The van der Waals surface area contributed by atoms with Crippen molar-refractivity contribution in [3.63, 3.8) is 0 Å². The zero-order valence-electron chi connectivity index (χ0n) is 5.71. The molecule has 4 heteroatoms. The Hall–Kier alpha value is -0.0900. The van der Waals surface area contributed by atoms with Crippen LogP contribution in [0.5, 0.6) is 0 Å². The summed E-state index contributed by atoms with van der Waals surface area (Å²) < 4.78 is 21.4. The van der Waals surface area contributed by atoms with Crippen molar-refractivity contribution in [2.24, 2.45) is 10.6 Å². The van der Waals surface area contributed by atoms with Gasteiger partial charge in [0.1, 0.15) is 0 Å². The van der Waals surface area contributed by atoms with Crippen LogP contribution in [0.2, 0.25) is 0 Å². The maximum absolute atomic E-state index is 10.7. The van der Waals surface area contributed by atoms with Gasteiger partial charge < -0.3 is 0 Å². The third-order valence-electron chi connectivity index (χ3n) is 2.74. The molecular weight excluding hydrogens is 150 g/mol. The van der Waals surface area contributed by atoms with Crippen LogP contribution >= 0.6 is 0 Å². The molecule has 0 aromatic carbocycles. The molecule has 0 unspecified atom stereocenters. The predicted molar refractivity (Wildman–Crippen MR) is 37.8 cm³/mol. The van der Waals surface area contributed by atoms with E-state index in [1.54, 1.807) is 0 Å². The monoisotopic (exact) mass is 161 g/mol. The van der Waals surface area contributed by atoms with Crippen LogP contribution in [-0.2, 0) is 10.0 Å². The van der Waals surface area contributed by atoms with Crippen molar-refractivity contribution < 1.29 is 8.42 Å². The Bertz CT molecular complexity index is 245. The number of hydrogen-bond acceptors (Lipinski definition) is 2. The summed E-state index contributed by atoms with van der Waals surface area (Å²) in [5.41, 5.74) is 0.442. The van der Waals surface area contributed by atoms with Crippen molar-refractivity contribution in [2.45, 2.75) is 30.9 Å². The fraction of sp³-hybridized carbons (Fsp3) is 1.00. The molecule has 2 saturated carbocycles. The second-order valence-electron chi connectivity index (χ2n) is 3.62. The molecule has 1 spiro atoms. The Morgan fingerprint density at radius 1 is 1.30 bits per heavy atom. The van der Waals surface area contributed by atoms with Crippen LogP contribution in [0.25, 0.3) is 0 Å². The molecule has 0 aromatic heterocycles. The van der Waals surface area contributed by atoms with Gasteiger partial charge in [-0.3, -0.25) is 0 Å². The van der Waals surface area contributed by atoms with E-state index in [0.717, 1.165) is 12.8 Å². The van der Waals surface area contributed by atoms with Gasteiger partial charge in [0.15, 0.2) is 0 Å². The zero-order chi connectivity index (χ0) is 7.41. The molecule has 0 amide bonds. The average Bonchev–Trinajstić information content (AvgIpc) is 2.32. The number of hydrogen-bond donors (Lipinski definition) is 1. The normalized spacial score (nSPS) is 30.1. The van der Waals surface area contributed by atoms with Crippen molar-refractivity contribution in [1.29, 1.82) is 0 Å². The van der Waals surface area contributed by atoms with Gasteiger partial charge in [-0.25, -0.2) is 13.6 Å². The standard InChI is InChI=1S/C6H11NO2S/c7-10(8,9)5-3-6(4-5)1-2-6/h5H,1-4H2,(H2,7,8,9). The SMILES string of the molecule is NS(=O)(=O)C1CC2(CC2)C1. The Kier molecular flexibility index (Phi) is 1.03. The minimum atomic E-state index is -3.20. The lowest BCUT2D eigenvalue weighted by Gasteiger charge is -2.33. The highest BCUT2D eigenvalue weighted by Gasteiger charge is 2.56.